The van der Waals surface area contributed by atoms with E-state index in [2.05, 4.69) is 9.97 Å². The molecule has 0 amide bonds. The zero-order valence-corrected chi connectivity index (χ0v) is 9.21. The van der Waals surface area contributed by atoms with Gasteiger partial charge in [-0.1, -0.05) is 13.8 Å². The Bertz CT molecular complexity index is 292. The Balaban J connectivity index is 2.94. The Hall–Kier alpha value is -0.600. The summed E-state index contributed by atoms with van der Waals surface area (Å²) in [6.45, 7) is 7.32. The van der Waals surface area contributed by atoms with Gasteiger partial charge in [-0.05, 0) is 0 Å². The van der Waals surface area contributed by atoms with Gasteiger partial charge in [-0.25, -0.2) is 9.65 Å². The molecule has 0 saturated heterocycles. The molecule has 0 aliphatic heterocycles. The van der Waals surface area contributed by atoms with E-state index in [1.54, 1.807) is 19.1 Å². The van der Waals surface area contributed by atoms with E-state index in [1.165, 1.54) is 0 Å². The normalized spacial score (nSPS) is 16.0. The molecule has 0 aromatic carbocycles. The van der Waals surface area contributed by atoms with E-state index in [1.807, 2.05) is 18.5 Å². The summed E-state index contributed by atoms with van der Waals surface area (Å²) in [5.74, 6) is 0. The van der Waals surface area contributed by atoms with Gasteiger partial charge in [0.1, 0.15) is 0 Å². The summed E-state index contributed by atoms with van der Waals surface area (Å²) in [6, 6.07) is 0. The monoisotopic (exact) mass is 201 g/mol. The first-order valence-electron chi connectivity index (χ1n) is 4.45. The molecule has 4 nitrogen and oxygen atoms in total. The number of hydrogen-bond donors (Lipinski definition) is 1. The second kappa shape index (κ2) is 4.07. The lowest BCUT2D eigenvalue weighted by Crippen LogP contribution is -2.27. The molecule has 1 aromatic rings. The lowest BCUT2D eigenvalue weighted by Gasteiger charge is -2.24. The van der Waals surface area contributed by atoms with Crippen molar-refractivity contribution in [3.63, 3.8) is 0 Å². The van der Waals surface area contributed by atoms with E-state index in [9.17, 15) is 4.57 Å². The number of hydrogen-bond acceptors (Lipinski definition) is 2. The first kappa shape index (κ1) is 10.5. The van der Waals surface area contributed by atoms with Crippen LogP contribution in [0.3, 0.4) is 0 Å². The van der Waals surface area contributed by atoms with Gasteiger partial charge in [0.05, 0.1) is 0 Å². The van der Waals surface area contributed by atoms with Crippen molar-refractivity contribution >= 4 is 12.9 Å². The van der Waals surface area contributed by atoms with Crippen LogP contribution < -0.4 is 5.57 Å². The van der Waals surface area contributed by atoms with Crippen molar-refractivity contribution in [2.45, 2.75) is 13.8 Å². The summed E-state index contributed by atoms with van der Waals surface area (Å²) in [7, 11) is -2.44. The molecule has 0 bridgehead atoms. The zero-order chi connectivity index (χ0) is 9.90. The van der Waals surface area contributed by atoms with Crippen LogP contribution in [0.1, 0.15) is 13.8 Å². The van der Waals surface area contributed by atoms with Crippen molar-refractivity contribution in [2.75, 3.05) is 19.8 Å². The lowest BCUT2D eigenvalue weighted by molar-refractivity contribution is 0.454. The maximum atomic E-state index is 12.3. The molecule has 1 heterocycles. The standard InChI is InChI=1S/C8H16N3OP/c1-4-11(5-2)13(3,12)8-9-6-7-10-8/h6-7H,4-5H2,1-3H3,(H,9,10). The SMILES string of the molecule is CCN(CC)P(C)(=O)c1ncc[nH]1. The maximum absolute atomic E-state index is 12.3. The van der Waals surface area contributed by atoms with Crippen molar-refractivity contribution in [1.29, 1.82) is 0 Å². The van der Waals surface area contributed by atoms with Gasteiger partial charge in [0.15, 0.2) is 5.57 Å². The van der Waals surface area contributed by atoms with Gasteiger partial charge in [0, 0.05) is 32.1 Å². The smallest absolute Gasteiger partial charge is 0.209 e. The molecule has 0 saturated carbocycles. The lowest BCUT2D eigenvalue weighted by atomic mass is 10.7. The Labute approximate surface area is 78.8 Å². The van der Waals surface area contributed by atoms with Crippen LogP contribution in [0.4, 0.5) is 0 Å². The first-order valence-corrected chi connectivity index (χ1v) is 6.56. The third-order valence-corrected chi connectivity index (χ3v) is 4.82. The molecule has 0 spiro atoms. The highest BCUT2D eigenvalue weighted by atomic mass is 31.2. The first-order chi connectivity index (χ1) is 6.12. The van der Waals surface area contributed by atoms with Crippen LogP contribution in [0.25, 0.3) is 0 Å². The molecule has 1 rings (SSSR count). The fourth-order valence-corrected chi connectivity index (χ4v) is 3.32. The number of nitrogens with one attached hydrogen (secondary N) is 1. The molecule has 1 N–H and O–H groups in total. The summed E-state index contributed by atoms with van der Waals surface area (Å²) < 4.78 is 14.2. The van der Waals surface area contributed by atoms with Crippen LogP contribution in [0.2, 0.25) is 0 Å². The molecule has 1 unspecified atom stereocenters. The van der Waals surface area contributed by atoms with Crippen LogP contribution in [-0.2, 0) is 4.57 Å². The topological polar surface area (TPSA) is 49.0 Å². The van der Waals surface area contributed by atoms with Gasteiger partial charge in [-0.3, -0.25) is 4.57 Å². The summed E-state index contributed by atoms with van der Waals surface area (Å²) in [4.78, 5) is 6.96. The van der Waals surface area contributed by atoms with Gasteiger partial charge >= 0.3 is 0 Å². The number of aromatic amines is 1. The van der Waals surface area contributed by atoms with Gasteiger partial charge in [-0.2, -0.15) is 0 Å². The van der Waals surface area contributed by atoms with Gasteiger partial charge < -0.3 is 4.98 Å². The molecule has 0 aliphatic carbocycles. The molecular formula is C8H16N3OP. The maximum Gasteiger partial charge on any atom is 0.209 e. The third-order valence-electron chi connectivity index (χ3n) is 2.15. The van der Waals surface area contributed by atoms with Crippen molar-refractivity contribution in [2.24, 2.45) is 0 Å². The molecule has 0 radical (unpaired) electrons. The minimum absolute atomic E-state index is 0.594. The van der Waals surface area contributed by atoms with Crippen LogP contribution in [0.15, 0.2) is 12.4 Å². The van der Waals surface area contributed by atoms with Gasteiger partial charge in [0.2, 0.25) is 7.29 Å². The number of aromatic nitrogens is 2. The van der Waals surface area contributed by atoms with Crippen molar-refractivity contribution in [1.82, 2.24) is 14.6 Å². The molecule has 1 atom stereocenters. The molecule has 13 heavy (non-hydrogen) atoms. The largest absolute Gasteiger partial charge is 0.341 e. The van der Waals surface area contributed by atoms with E-state index in [0.29, 0.717) is 5.57 Å². The van der Waals surface area contributed by atoms with Gasteiger partial charge in [0.25, 0.3) is 0 Å². The molecule has 74 valence electrons. The average molecular weight is 201 g/mol. The number of imidazole rings is 1. The van der Waals surface area contributed by atoms with Crippen molar-refractivity contribution < 1.29 is 4.57 Å². The third kappa shape index (κ3) is 2.01. The highest BCUT2D eigenvalue weighted by Gasteiger charge is 2.26. The van der Waals surface area contributed by atoms with E-state index < -0.39 is 7.29 Å². The molecule has 1 aromatic heterocycles. The van der Waals surface area contributed by atoms with Crippen molar-refractivity contribution in [3.05, 3.63) is 12.4 Å². The minimum Gasteiger partial charge on any atom is -0.341 e. The Morgan fingerprint density at radius 1 is 1.54 bits per heavy atom. The van der Waals surface area contributed by atoms with Crippen LogP contribution >= 0.6 is 7.29 Å². The van der Waals surface area contributed by atoms with E-state index in [0.717, 1.165) is 13.1 Å². The highest BCUT2D eigenvalue weighted by Crippen LogP contribution is 2.42. The minimum atomic E-state index is -2.44. The Morgan fingerprint density at radius 2 is 2.15 bits per heavy atom. The Kier molecular flexibility index (Phi) is 3.28. The highest BCUT2D eigenvalue weighted by molar-refractivity contribution is 7.68. The number of H-pyrrole nitrogens is 1. The predicted molar refractivity (Wildman–Crippen MR) is 54.7 cm³/mol. The summed E-state index contributed by atoms with van der Waals surface area (Å²) in [6.07, 6.45) is 3.34. The summed E-state index contributed by atoms with van der Waals surface area (Å²) >= 11 is 0. The average Bonchev–Trinajstić information content (AvgIpc) is 2.58. The fraction of sp³-hybridized carbons (Fsp3) is 0.625. The van der Waals surface area contributed by atoms with Crippen LogP contribution in [0, 0.1) is 0 Å². The summed E-state index contributed by atoms with van der Waals surface area (Å²) in [5.41, 5.74) is 0.594. The molecule has 0 aliphatic rings. The van der Waals surface area contributed by atoms with Crippen LogP contribution in [0.5, 0.6) is 0 Å². The Morgan fingerprint density at radius 3 is 2.54 bits per heavy atom. The fourth-order valence-electron chi connectivity index (χ4n) is 1.38. The molecule has 0 fully saturated rings. The van der Waals surface area contributed by atoms with Crippen LogP contribution in [-0.4, -0.2) is 34.4 Å². The second-order valence-corrected chi connectivity index (χ2v) is 5.68. The quantitative estimate of drug-likeness (QED) is 0.746. The van der Waals surface area contributed by atoms with E-state index in [-0.39, 0.29) is 0 Å². The molecular weight excluding hydrogens is 185 g/mol. The molecule has 5 heteroatoms. The number of nitrogens with zero attached hydrogens (tertiary/aromatic N) is 2. The van der Waals surface area contributed by atoms with E-state index in [4.69, 9.17) is 0 Å². The predicted octanol–water partition coefficient (Wildman–Crippen LogP) is 1.28. The zero-order valence-electron chi connectivity index (χ0n) is 8.32. The second-order valence-electron chi connectivity index (χ2n) is 2.93. The van der Waals surface area contributed by atoms with E-state index >= 15 is 0 Å². The number of rotatable bonds is 4. The van der Waals surface area contributed by atoms with Gasteiger partial charge in [-0.15, -0.1) is 0 Å². The van der Waals surface area contributed by atoms with Crippen molar-refractivity contribution in [3.8, 4) is 0 Å². The summed E-state index contributed by atoms with van der Waals surface area (Å²) in [5, 5.41) is 0.